The lowest BCUT2D eigenvalue weighted by molar-refractivity contribution is 0.0936. The molecule has 0 saturated carbocycles. The van der Waals surface area contributed by atoms with Crippen molar-refractivity contribution in [2.75, 3.05) is 13.1 Å². The normalized spacial score (nSPS) is 16.6. The highest BCUT2D eigenvalue weighted by Gasteiger charge is 2.27. The lowest BCUT2D eigenvalue weighted by Crippen LogP contribution is -2.33. The number of hydrogen-bond acceptors (Lipinski definition) is 3. The number of pyridine rings is 1. The van der Waals surface area contributed by atoms with E-state index in [9.17, 15) is 4.79 Å². The molecule has 0 bridgehead atoms. The maximum Gasteiger partial charge on any atom is 0.252 e. The number of benzene rings is 3. The third-order valence-corrected chi connectivity index (χ3v) is 7.15. The van der Waals surface area contributed by atoms with Crippen LogP contribution in [0.5, 0.6) is 0 Å². The lowest BCUT2D eigenvalue weighted by atomic mass is 9.86. The van der Waals surface area contributed by atoms with E-state index < -0.39 is 5.82 Å². The quantitative estimate of drug-likeness (QED) is 0.318. The lowest BCUT2D eigenvalue weighted by Gasteiger charge is -2.26. The highest BCUT2D eigenvalue weighted by molar-refractivity contribution is 6.09. The van der Waals surface area contributed by atoms with E-state index in [1.165, 1.54) is 6.07 Å². The van der Waals surface area contributed by atoms with Crippen molar-refractivity contribution in [2.45, 2.75) is 38.6 Å². The van der Waals surface area contributed by atoms with Crippen molar-refractivity contribution >= 4 is 16.8 Å². The molecule has 4 nitrogen and oxygen atoms in total. The third kappa shape index (κ3) is 5.02. The Hall–Kier alpha value is -3.57. The van der Waals surface area contributed by atoms with Crippen LogP contribution in [0.1, 0.15) is 53.7 Å². The van der Waals surface area contributed by atoms with E-state index in [0.29, 0.717) is 29.0 Å². The van der Waals surface area contributed by atoms with Gasteiger partial charge in [0.25, 0.3) is 5.91 Å². The van der Waals surface area contributed by atoms with Crippen molar-refractivity contribution in [1.29, 1.82) is 0 Å². The van der Waals surface area contributed by atoms with E-state index in [1.54, 1.807) is 6.07 Å². The van der Waals surface area contributed by atoms with Crippen molar-refractivity contribution in [3.8, 4) is 11.3 Å². The minimum atomic E-state index is -0.417. The smallest absolute Gasteiger partial charge is 0.252 e. The van der Waals surface area contributed by atoms with Gasteiger partial charge in [0.2, 0.25) is 0 Å². The molecule has 2 heterocycles. The molecule has 1 aliphatic rings. The molecule has 5 rings (SSSR count). The fourth-order valence-electron chi connectivity index (χ4n) is 5.31. The van der Waals surface area contributed by atoms with Gasteiger partial charge in [-0.05, 0) is 61.9 Å². The number of hydrogen-bond donors (Lipinski definition) is 2. The summed E-state index contributed by atoms with van der Waals surface area (Å²) in [6, 6.07) is 24.6. The molecule has 3 aromatic carbocycles. The van der Waals surface area contributed by atoms with Crippen LogP contribution in [0.2, 0.25) is 0 Å². The number of carbonyl (C=O) groups is 1. The molecule has 36 heavy (non-hydrogen) atoms. The Labute approximate surface area is 212 Å². The zero-order valence-corrected chi connectivity index (χ0v) is 20.6. The number of amides is 1. The van der Waals surface area contributed by atoms with Gasteiger partial charge in [0.15, 0.2) is 0 Å². The summed E-state index contributed by atoms with van der Waals surface area (Å²) in [4.78, 5) is 18.9. The summed E-state index contributed by atoms with van der Waals surface area (Å²) in [5.41, 5.74) is 4.31. The maximum atomic E-state index is 15.1. The van der Waals surface area contributed by atoms with Gasteiger partial charge in [-0.25, -0.2) is 9.37 Å². The molecule has 1 amide bonds. The highest BCUT2D eigenvalue weighted by Crippen LogP contribution is 2.34. The average Bonchev–Trinajstić information content (AvgIpc) is 2.93. The molecule has 0 aliphatic carbocycles. The Morgan fingerprint density at radius 3 is 2.50 bits per heavy atom. The van der Waals surface area contributed by atoms with Crippen LogP contribution in [-0.2, 0) is 6.42 Å². The van der Waals surface area contributed by atoms with Crippen molar-refractivity contribution < 1.29 is 9.18 Å². The van der Waals surface area contributed by atoms with Gasteiger partial charge >= 0.3 is 0 Å². The fourth-order valence-corrected chi connectivity index (χ4v) is 5.31. The minimum Gasteiger partial charge on any atom is -0.345 e. The highest BCUT2D eigenvalue weighted by atomic mass is 19.1. The molecule has 1 aromatic heterocycles. The second-order valence-electron chi connectivity index (χ2n) is 9.58. The Balaban J connectivity index is 1.68. The standard InChI is InChI=1S/C31H32FN3O/c1-2-27(22-12-5-3-6-13-22)34-31(36)28-24-16-9-17-26(32)30(24)35-29(23-14-7-4-8-15-23)25(28)19-21-11-10-18-33-20-21/h3-9,12-17,21,27,33H,2,10-11,18-20H2,1H3,(H,34,36)/t21?,27-/m0/s1. The van der Waals surface area contributed by atoms with Gasteiger partial charge in [0.1, 0.15) is 11.3 Å². The largest absolute Gasteiger partial charge is 0.345 e. The number of halogens is 1. The van der Waals surface area contributed by atoms with E-state index in [1.807, 2.05) is 66.7 Å². The molecular formula is C31H32FN3O. The first kappa shape index (κ1) is 24.1. The monoisotopic (exact) mass is 481 g/mol. The van der Waals surface area contributed by atoms with Crippen LogP contribution < -0.4 is 10.6 Å². The van der Waals surface area contributed by atoms with Gasteiger partial charge in [-0.15, -0.1) is 0 Å². The molecular weight excluding hydrogens is 449 g/mol. The van der Waals surface area contributed by atoms with Crippen molar-refractivity contribution in [3.63, 3.8) is 0 Å². The number of nitrogens with zero attached hydrogens (tertiary/aromatic N) is 1. The number of fused-ring (bicyclic) bond motifs is 1. The van der Waals surface area contributed by atoms with Crippen molar-refractivity contribution in [3.05, 3.63) is 101 Å². The van der Waals surface area contributed by atoms with Crippen LogP contribution in [0.3, 0.4) is 0 Å². The first-order chi connectivity index (χ1) is 17.7. The zero-order valence-electron chi connectivity index (χ0n) is 20.6. The van der Waals surface area contributed by atoms with E-state index in [4.69, 9.17) is 4.98 Å². The first-order valence-electron chi connectivity index (χ1n) is 12.9. The number of carbonyl (C=O) groups excluding carboxylic acids is 1. The van der Waals surface area contributed by atoms with Gasteiger partial charge in [0, 0.05) is 10.9 Å². The second-order valence-corrected chi connectivity index (χ2v) is 9.58. The fraction of sp³-hybridized carbons (Fsp3) is 0.290. The number of para-hydroxylation sites is 1. The summed E-state index contributed by atoms with van der Waals surface area (Å²) in [6.45, 7) is 3.98. The maximum absolute atomic E-state index is 15.1. The number of rotatable bonds is 7. The Kier molecular flexibility index (Phi) is 7.38. The summed E-state index contributed by atoms with van der Waals surface area (Å²) in [5.74, 6) is -0.212. The molecule has 2 atom stereocenters. The molecule has 1 fully saturated rings. The molecule has 5 heteroatoms. The summed E-state index contributed by atoms with van der Waals surface area (Å²) in [6.07, 6.45) is 3.65. The van der Waals surface area contributed by atoms with E-state index in [-0.39, 0.29) is 17.5 Å². The summed E-state index contributed by atoms with van der Waals surface area (Å²) in [5, 5.41) is 7.32. The van der Waals surface area contributed by atoms with Crippen molar-refractivity contribution in [1.82, 2.24) is 15.6 Å². The second kappa shape index (κ2) is 11.0. The molecule has 2 N–H and O–H groups in total. The van der Waals surface area contributed by atoms with Crippen LogP contribution in [-0.4, -0.2) is 24.0 Å². The molecule has 184 valence electrons. The Morgan fingerprint density at radius 2 is 1.81 bits per heavy atom. The van der Waals surface area contributed by atoms with Gasteiger partial charge in [-0.2, -0.15) is 0 Å². The van der Waals surface area contributed by atoms with Gasteiger partial charge < -0.3 is 10.6 Å². The molecule has 4 aromatic rings. The van der Waals surface area contributed by atoms with E-state index in [0.717, 1.165) is 49.0 Å². The molecule has 0 radical (unpaired) electrons. The SMILES string of the molecule is CC[C@H](NC(=O)c1c(CC2CCCNC2)c(-c2ccccc2)nc2c(F)cccc12)c1ccccc1. The zero-order chi connectivity index (χ0) is 24.9. The average molecular weight is 482 g/mol. The van der Waals surface area contributed by atoms with Crippen LogP contribution >= 0.6 is 0 Å². The van der Waals surface area contributed by atoms with Gasteiger partial charge in [-0.3, -0.25) is 4.79 Å². The third-order valence-electron chi connectivity index (χ3n) is 7.15. The van der Waals surface area contributed by atoms with Crippen LogP contribution in [0.25, 0.3) is 22.2 Å². The number of nitrogens with one attached hydrogen (secondary N) is 2. The predicted octanol–water partition coefficient (Wildman–Crippen LogP) is 6.46. The van der Waals surface area contributed by atoms with Crippen LogP contribution in [0.4, 0.5) is 4.39 Å². The van der Waals surface area contributed by atoms with E-state index >= 15 is 4.39 Å². The molecule has 1 aliphatic heterocycles. The minimum absolute atomic E-state index is 0.139. The molecule has 1 saturated heterocycles. The number of aromatic nitrogens is 1. The molecule has 0 spiro atoms. The first-order valence-corrected chi connectivity index (χ1v) is 12.9. The summed E-state index contributed by atoms with van der Waals surface area (Å²) in [7, 11) is 0. The predicted molar refractivity (Wildman–Crippen MR) is 143 cm³/mol. The Morgan fingerprint density at radius 1 is 1.06 bits per heavy atom. The van der Waals surface area contributed by atoms with Gasteiger partial charge in [0.05, 0.1) is 17.3 Å². The van der Waals surface area contributed by atoms with Crippen molar-refractivity contribution in [2.24, 2.45) is 5.92 Å². The molecule has 1 unspecified atom stereocenters. The van der Waals surface area contributed by atoms with Crippen LogP contribution in [0.15, 0.2) is 78.9 Å². The Bertz CT molecular complexity index is 1330. The van der Waals surface area contributed by atoms with Crippen LogP contribution in [0, 0.1) is 11.7 Å². The summed E-state index contributed by atoms with van der Waals surface area (Å²) >= 11 is 0. The number of piperidine rings is 1. The summed E-state index contributed by atoms with van der Waals surface area (Å²) < 4.78 is 15.1. The van der Waals surface area contributed by atoms with Gasteiger partial charge in [-0.1, -0.05) is 79.7 Å². The van der Waals surface area contributed by atoms with E-state index in [2.05, 4.69) is 17.6 Å². The topological polar surface area (TPSA) is 54.0 Å².